The lowest BCUT2D eigenvalue weighted by atomic mass is 10.2. The Morgan fingerprint density at radius 1 is 1.36 bits per heavy atom. The molecule has 0 saturated carbocycles. The first-order valence-corrected chi connectivity index (χ1v) is 4.80. The monoisotopic (exact) mass is 260 g/mol. The average Bonchev–Trinajstić information content (AvgIpc) is 2.02. The Balaban J connectivity index is 3.20. The van der Waals surface area contributed by atoms with Crippen LogP contribution in [0.4, 0.5) is 8.78 Å². The largest absolute Gasteiger partial charge is 0.320 e. The number of rotatable bonds is 1. The Labute approximate surface area is 95.2 Å². The zero-order valence-electron chi connectivity index (χ0n) is 7.15. The first-order valence-electron chi connectivity index (χ1n) is 3.67. The fourth-order valence-corrected chi connectivity index (χ4v) is 1.33. The number of aromatic nitrogens is 1. The molecule has 1 heterocycles. The summed E-state index contributed by atoms with van der Waals surface area (Å²) in [7, 11) is 1.50. The summed E-state index contributed by atoms with van der Waals surface area (Å²) in [4.78, 5) is 0. The Hall–Kier alpha value is -0.120. The van der Waals surface area contributed by atoms with Gasteiger partial charge in [0, 0.05) is 17.7 Å². The van der Waals surface area contributed by atoms with E-state index < -0.39 is 10.2 Å². The molecule has 0 aliphatic rings. The van der Waals surface area contributed by atoms with Gasteiger partial charge >= 0.3 is 6.43 Å². The summed E-state index contributed by atoms with van der Waals surface area (Å²) in [6.07, 6.45) is -1.16. The van der Waals surface area contributed by atoms with Crippen LogP contribution >= 0.6 is 34.8 Å². The number of nitrogens with zero attached hydrogens (tertiary/aromatic N) is 1. The first-order chi connectivity index (χ1) is 6.32. The lowest BCUT2D eigenvalue weighted by Crippen LogP contribution is -2.33. The minimum absolute atomic E-state index is 0.186. The highest BCUT2D eigenvalue weighted by molar-refractivity contribution is 6.66. The van der Waals surface area contributed by atoms with Crippen molar-refractivity contribution in [3.8, 4) is 0 Å². The highest BCUT2D eigenvalue weighted by atomic mass is 35.6. The van der Waals surface area contributed by atoms with E-state index in [4.69, 9.17) is 34.8 Å². The maximum Gasteiger partial charge on any atom is 0.320 e. The molecule has 1 nitrogen and oxygen atoms in total. The molecule has 0 aliphatic carbocycles. The molecular formula is C8H7Cl3F2N+. The molecule has 1 aromatic rings. The second kappa shape index (κ2) is 4.17. The summed E-state index contributed by atoms with van der Waals surface area (Å²) in [5.74, 6) is 0. The molecule has 0 bridgehead atoms. The van der Waals surface area contributed by atoms with Gasteiger partial charge in [0.15, 0.2) is 6.20 Å². The van der Waals surface area contributed by atoms with Crippen molar-refractivity contribution < 1.29 is 13.3 Å². The van der Waals surface area contributed by atoms with E-state index in [2.05, 4.69) is 0 Å². The van der Waals surface area contributed by atoms with Crippen molar-refractivity contribution in [2.75, 3.05) is 0 Å². The molecule has 0 radical (unpaired) electrons. The summed E-state index contributed by atoms with van der Waals surface area (Å²) < 4.78 is 24.5. The van der Waals surface area contributed by atoms with Gasteiger partial charge in [0.25, 0.3) is 0 Å². The smallest absolute Gasteiger partial charge is 0.200 e. The van der Waals surface area contributed by atoms with Crippen LogP contribution in [0.1, 0.15) is 17.7 Å². The molecule has 0 aromatic carbocycles. The third-order valence-electron chi connectivity index (χ3n) is 1.74. The second-order valence-electron chi connectivity index (χ2n) is 2.75. The molecule has 1 aromatic heterocycles. The zero-order valence-corrected chi connectivity index (χ0v) is 9.41. The maximum atomic E-state index is 12.4. The Morgan fingerprint density at radius 2 is 1.93 bits per heavy atom. The van der Waals surface area contributed by atoms with Gasteiger partial charge in [-0.15, -0.1) is 0 Å². The number of hydrogen-bond acceptors (Lipinski definition) is 0. The minimum Gasteiger partial charge on any atom is -0.200 e. The van der Waals surface area contributed by atoms with Crippen LogP contribution in [0.15, 0.2) is 18.3 Å². The highest BCUT2D eigenvalue weighted by Crippen LogP contribution is 2.38. The van der Waals surface area contributed by atoms with Crippen LogP contribution in [-0.4, -0.2) is 0 Å². The molecule has 78 valence electrons. The van der Waals surface area contributed by atoms with Crippen molar-refractivity contribution in [2.24, 2.45) is 7.05 Å². The van der Waals surface area contributed by atoms with Gasteiger partial charge in [-0.2, -0.15) is 8.78 Å². The summed E-state index contributed by atoms with van der Waals surface area (Å²) in [5.41, 5.74) is 0.0460. The lowest BCUT2D eigenvalue weighted by molar-refractivity contribution is -0.684. The van der Waals surface area contributed by atoms with Crippen LogP contribution in [0.25, 0.3) is 0 Å². The summed E-state index contributed by atoms with van der Waals surface area (Å²) in [6.45, 7) is 0. The number of hydrogen-bond donors (Lipinski definition) is 0. The van der Waals surface area contributed by atoms with Crippen LogP contribution in [0.2, 0.25) is 0 Å². The van der Waals surface area contributed by atoms with E-state index in [9.17, 15) is 8.78 Å². The number of pyridine rings is 1. The molecule has 0 spiro atoms. The average molecular weight is 262 g/mol. The predicted molar refractivity (Wildman–Crippen MR) is 51.8 cm³/mol. The van der Waals surface area contributed by atoms with E-state index >= 15 is 0 Å². The lowest BCUT2D eigenvalue weighted by Gasteiger charge is -2.10. The highest BCUT2D eigenvalue weighted by Gasteiger charge is 2.28. The Kier molecular flexibility index (Phi) is 3.56. The van der Waals surface area contributed by atoms with Crippen LogP contribution < -0.4 is 4.57 Å². The molecule has 1 rings (SSSR count). The van der Waals surface area contributed by atoms with Crippen molar-refractivity contribution >= 4 is 34.8 Å². The summed E-state index contributed by atoms with van der Waals surface area (Å²) >= 11 is 16.7. The van der Waals surface area contributed by atoms with Gasteiger partial charge in [-0.3, -0.25) is 0 Å². The molecule has 14 heavy (non-hydrogen) atoms. The molecule has 0 fully saturated rings. The Bertz CT molecular complexity index is 336. The summed E-state index contributed by atoms with van der Waals surface area (Å²) in [5, 5.41) is 0. The second-order valence-corrected chi connectivity index (χ2v) is 5.03. The SMILES string of the molecule is C[n+]1ccc(C(Cl)(Cl)Cl)cc1C(F)F. The number of halogens is 5. The van der Waals surface area contributed by atoms with E-state index in [0.717, 1.165) is 0 Å². The van der Waals surface area contributed by atoms with E-state index in [0.29, 0.717) is 0 Å². The zero-order chi connectivity index (χ0) is 10.9. The topological polar surface area (TPSA) is 3.88 Å². The Morgan fingerprint density at radius 3 is 2.36 bits per heavy atom. The fraction of sp³-hybridized carbons (Fsp3) is 0.375. The van der Waals surface area contributed by atoms with Crippen molar-refractivity contribution in [1.82, 2.24) is 0 Å². The van der Waals surface area contributed by atoms with Crippen molar-refractivity contribution in [3.05, 3.63) is 29.6 Å². The van der Waals surface area contributed by atoms with Crippen LogP contribution in [0.5, 0.6) is 0 Å². The van der Waals surface area contributed by atoms with Gasteiger partial charge in [-0.1, -0.05) is 34.8 Å². The van der Waals surface area contributed by atoms with Gasteiger partial charge in [0.05, 0.1) is 0 Å². The maximum absolute atomic E-state index is 12.4. The normalized spacial score (nSPS) is 12.2. The quantitative estimate of drug-likeness (QED) is 0.539. The first kappa shape index (κ1) is 12.0. The third-order valence-corrected chi connectivity index (χ3v) is 2.39. The van der Waals surface area contributed by atoms with Crippen LogP contribution in [0, 0.1) is 0 Å². The van der Waals surface area contributed by atoms with Gasteiger partial charge < -0.3 is 0 Å². The van der Waals surface area contributed by atoms with Crippen molar-refractivity contribution in [2.45, 2.75) is 10.2 Å². The van der Waals surface area contributed by atoms with E-state index in [1.165, 1.54) is 29.9 Å². The summed E-state index contributed by atoms with van der Waals surface area (Å²) in [6, 6.07) is 2.66. The standard InChI is InChI=1S/C8H7Cl3F2N/c1-14-3-2-5(8(9,10)11)4-6(14)7(12)13/h2-4,7H,1H3/q+1. The van der Waals surface area contributed by atoms with Gasteiger partial charge in [-0.25, -0.2) is 4.57 Å². The number of alkyl halides is 5. The van der Waals surface area contributed by atoms with Crippen LogP contribution in [-0.2, 0) is 10.8 Å². The predicted octanol–water partition coefficient (Wildman–Crippen LogP) is 3.28. The molecule has 0 atom stereocenters. The fourth-order valence-electron chi connectivity index (χ4n) is 0.981. The van der Waals surface area contributed by atoms with Crippen molar-refractivity contribution in [3.63, 3.8) is 0 Å². The molecule has 0 amide bonds. The molecule has 0 N–H and O–H groups in total. The molecule has 0 unspecified atom stereocenters. The molecule has 0 saturated heterocycles. The molecular weight excluding hydrogens is 254 g/mol. The minimum atomic E-state index is -2.59. The third kappa shape index (κ3) is 2.69. The van der Waals surface area contributed by atoms with Crippen LogP contribution in [0.3, 0.4) is 0 Å². The van der Waals surface area contributed by atoms with E-state index in [1.807, 2.05) is 0 Å². The van der Waals surface area contributed by atoms with E-state index in [1.54, 1.807) is 0 Å². The van der Waals surface area contributed by atoms with Gasteiger partial charge in [0.1, 0.15) is 7.05 Å². The van der Waals surface area contributed by atoms with Gasteiger partial charge in [-0.05, 0) is 0 Å². The molecule has 6 heteroatoms. The van der Waals surface area contributed by atoms with Gasteiger partial charge in [0.2, 0.25) is 9.49 Å². The van der Waals surface area contributed by atoms with Crippen molar-refractivity contribution in [1.29, 1.82) is 0 Å². The number of aryl methyl sites for hydroxylation is 1. The molecule has 0 aliphatic heterocycles. The van der Waals surface area contributed by atoms with E-state index in [-0.39, 0.29) is 11.3 Å².